The van der Waals surface area contributed by atoms with Gasteiger partial charge in [-0.3, -0.25) is 9.59 Å². The molecule has 6 heteroatoms. The van der Waals surface area contributed by atoms with Crippen LogP contribution >= 0.6 is 0 Å². The lowest BCUT2D eigenvalue weighted by Gasteiger charge is -2.19. The summed E-state index contributed by atoms with van der Waals surface area (Å²) in [5.41, 5.74) is 0. The molecule has 0 rings (SSSR count). The fourth-order valence-electron chi connectivity index (χ4n) is 7.68. The molecule has 0 saturated heterocycles. The highest BCUT2D eigenvalue weighted by atomic mass is 16.5. The highest BCUT2D eigenvalue weighted by Crippen LogP contribution is 2.16. The molecule has 0 aromatic heterocycles. The Bertz CT molecular complexity index is 962. The van der Waals surface area contributed by atoms with Crippen LogP contribution in [0, 0.1) is 0 Å². The van der Waals surface area contributed by atoms with Gasteiger partial charge in [0.05, 0.1) is 25.4 Å². The first-order valence-electron chi connectivity index (χ1n) is 25.8. The molecule has 3 N–H and O–H groups in total. The summed E-state index contributed by atoms with van der Waals surface area (Å²) in [5, 5.41) is 22.8. The van der Waals surface area contributed by atoms with Crippen LogP contribution in [0.4, 0.5) is 0 Å². The summed E-state index contributed by atoms with van der Waals surface area (Å²) < 4.78 is 5.46. The van der Waals surface area contributed by atoms with Gasteiger partial charge in [-0.1, -0.05) is 237 Å². The molecule has 0 radical (unpaired) electrons. The Morgan fingerprint density at radius 3 is 1.32 bits per heavy atom. The smallest absolute Gasteiger partial charge is 0.305 e. The molecule has 0 fully saturated rings. The SMILES string of the molecule is CCCCCCCCCC/C=C/C(O)C(CO)NC(=O)CC/C=C\C/C=C\CCCCCCCCOC(=O)CCCCCCCCCCCCCCCCCCCCC. The van der Waals surface area contributed by atoms with Gasteiger partial charge in [-0.05, 0) is 51.4 Å². The zero-order valence-corrected chi connectivity index (χ0v) is 39.2. The Kier molecular flexibility index (Phi) is 47.2. The maximum Gasteiger partial charge on any atom is 0.305 e. The summed E-state index contributed by atoms with van der Waals surface area (Å²) in [6.07, 6.45) is 58.8. The van der Waals surface area contributed by atoms with Gasteiger partial charge in [0.15, 0.2) is 0 Å². The number of aliphatic hydroxyl groups excluding tert-OH is 2. The molecule has 0 saturated carbocycles. The number of esters is 1. The molecule has 2 atom stereocenters. The van der Waals surface area contributed by atoms with Crippen molar-refractivity contribution < 1.29 is 24.5 Å². The second-order valence-corrected chi connectivity index (χ2v) is 17.5. The van der Waals surface area contributed by atoms with Gasteiger partial charge in [-0.15, -0.1) is 0 Å². The zero-order valence-electron chi connectivity index (χ0n) is 39.2. The second kappa shape index (κ2) is 48.7. The first-order valence-corrected chi connectivity index (χ1v) is 25.8. The first kappa shape index (κ1) is 57.1. The van der Waals surface area contributed by atoms with E-state index in [9.17, 15) is 19.8 Å². The maximum absolute atomic E-state index is 12.3. The van der Waals surface area contributed by atoms with E-state index in [4.69, 9.17) is 4.74 Å². The standard InChI is InChI=1S/C53H99NO5/c1-3-5-7-9-11-13-15-16-17-18-19-20-21-24-27-31-35-39-43-47-53(58)59-48-44-40-36-32-28-25-22-23-26-30-34-38-42-46-52(57)54-50(49-55)51(56)45-41-37-33-29-14-12-10-8-6-4-2/h23,26,34,38,41,45,50-51,55-56H,3-22,24-25,27-33,35-37,39-40,42-44,46-49H2,1-2H3,(H,54,57)/b26-23-,38-34-,45-41+. The minimum atomic E-state index is -0.877. The van der Waals surface area contributed by atoms with Gasteiger partial charge in [0.2, 0.25) is 5.91 Å². The van der Waals surface area contributed by atoms with E-state index in [1.807, 2.05) is 12.2 Å². The van der Waals surface area contributed by atoms with Crippen LogP contribution in [0.3, 0.4) is 0 Å². The Morgan fingerprint density at radius 1 is 0.475 bits per heavy atom. The molecule has 6 nitrogen and oxygen atoms in total. The first-order chi connectivity index (χ1) is 29.0. The molecule has 0 spiro atoms. The molecule has 0 heterocycles. The predicted octanol–water partition coefficient (Wildman–Crippen LogP) is 15.3. The van der Waals surface area contributed by atoms with Crippen LogP contribution < -0.4 is 5.32 Å². The third-order valence-electron chi connectivity index (χ3n) is 11.7. The molecular formula is C53H99NO5. The van der Waals surface area contributed by atoms with Gasteiger partial charge in [0.1, 0.15) is 0 Å². The van der Waals surface area contributed by atoms with Crippen LogP contribution in [-0.2, 0) is 14.3 Å². The second-order valence-electron chi connectivity index (χ2n) is 17.5. The van der Waals surface area contributed by atoms with E-state index in [0.717, 1.165) is 51.4 Å². The Labute approximate surface area is 366 Å². The lowest BCUT2D eigenvalue weighted by molar-refractivity contribution is -0.143. The number of amides is 1. The molecule has 0 aromatic carbocycles. The van der Waals surface area contributed by atoms with Crippen molar-refractivity contribution in [3.05, 3.63) is 36.5 Å². The lowest BCUT2D eigenvalue weighted by Crippen LogP contribution is -2.45. The van der Waals surface area contributed by atoms with Gasteiger partial charge >= 0.3 is 5.97 Å². The summed E-state index contributed by atoms with van der Waals surface area (Å²) >= 11 is 0. The molecule has 0 bridgehead atoms. The van der Waals surface area contributed by atoms with Crippen LogP contribution in [-0.4, -0.2) is 47.4 Å². The minimum absolute atomic E-state index is 0.0147. The van der Waals surface area contributed by atoms with Crippen LogP contribution in [0.2, 0.25) is 0 Å². The van der Waals surface area contributed by atoms with Crippen molar-refractivity contribution in [3.8, 4) is 0 Å². The quantitative estimate of drug-likeness (QED) is 0.0323. The van der Waals surface area contributed by atoms with E-state index in [1.54, 1.807) is 6.08 Å². The summed E-state index contributed by atoms with van der Waals surface area (Å²) in [7, 11) is 0. The number of aliphatic hydroxyl groups is 2. The number of ether oxygens (including phenoxy) is 1. The average Bonchev–Trinajstić information content (AvgIpc) is 3.24. The largest absolute Gasteiger partial charge is 0.466 e. The molecule has 0 aliphatic rings. The van der Waals surface area contributed by atoms with Crippen molar-refractivity contribution in [2.75, 3.05) is 13.2 Å². The highest BCUT2D eigenvalue weighted by molar-refractivity contribution is 5.76. The summed E-state index contributed by atoms with van der Waals surface area (Å²) in [6, 6.07) is -0.670. The number of allylic oxidation sites excluding steroid dienone is 5. The fourth-order valence-corrected chi connectivity index (χ4v) is 7.68. The van der Waals surface area contributed by atoms with Crippen LogP contribution in [0.1, 0.15) is 264 Å². The lowest BCUT2D eigenvalue weighted by atomic mass is 10.0. The average molecular weight is 830 g/mol. The van der Waals surface area contributed by atoms with Crippen molar-refractivity contribution in [1.29, 1.82) is 0 Å². The summed E-state index contributed by atoms with van der Waals surface area (Å²) in [6.45, 7) is 4.82. The van der Waals surface area contributed by atoms with Crippen molar-refractivity contribution in [2.24, 2.45) is 0 Å². The van der Waals surface area contributed by atoms with Crippen molar-refractivity contribution in [1.82, 2.24) is 5.32 Å². The number of hydrogen-bond donors (Lipinski definition) is 3. The Balaban J connectivity index is 3.51. The third kappa shape index (κ3) is 45.4. The van der Waals surface area contributed by atoms with E-state index < -0.39 is 12.1 Å². The van der Waals surface area contributed by atoms with Gasteiger partial charge in [0.25, 0.3) is 0 Å². The Morgan fingerprint density at radius 2 is 0.864 bits per heavy atom. The van der Waals surface area contributed by atoms with E-state index in [2.05, 4.69) is 37.4 Å². The van der Waals surface area contributed by atoms with Gasteiger partial charge in [-0.2, -0.15) is 0 Å². The van der Waals surface area contributed by atoms with Crippen molar-refractivity contribution in [2.45, 2.75) is 276 Å². The van der Waals surface area contributed by atoms with Crippen LogP contribution in [0.15, 0.2) is 36.5 Å². The topological polar surface area (TPSA) is 95.9 Å². The number of nitrogens with one attached hydrogen (secondary N) is 1. The van der Waals surface area contributed by atoms with Crippen LogP contribution in [0.5, 0.6) is 0 Å². The molecule has 0 aromatic rings. The highest BCUT2D eigenvalue weighted by Gasteiger charge is 2.17. The third-order valence-corrected chi connectivity index (χ3v) is 11.7. The molecule has 1 amide bonds. The molecule has 0 aliphatic heterocycles. The van der Waals surface area contributed by atoms with Gasteiger partial charge in [-0.25, -0.2) is 0 Å². The van der Waals surface area contributed by atoms with Gasteiger partial charge < -0.3 is 20.3 Å². The van der Waals surface area contributed by atoms with Gasteiger partial charge in [0, 0.05) is 12.8 Å². The molecule has 0 aliphatic carbocycles. The maximum atomic E-state index is 12.3. The van der Waals surface area contributed by atoms with E-state index in [1.165, 1.54) is 180 Å². The fraction of sp³-hybridized carbons (Fsp3) is 0.849. The van der Waals surface area contributed by atoms with Crippen LogP contribution in [0.25, 0.3) is 0 Å². The number of carbonyl (C=O) groups is 2. The van der Waals surface area contributed by atoms with E-state index in [-0.39, 0.29) is 18.5 Å². The van der Waals surface area contributed by atoms with Crippen molar-refractivity contribution >= 4 is 11.9 Å². The van der Waals surface area contributed by atoms with E-state index >= 15 is 0 Å². The minimum Gasteiger partial charge on any atom is -0.466 e. The number of rotatable bonds is 47. The summed E-state index contributed by atoms with van der Waals surface area (Å²) in [4.78, 5) is 24.4. The summed E-state index contributed by atoms with van der Waals surface area (Å²) in [5.74, 6) is -0.166. The zero-order chi connectivity index (χ0) is 43.0. The van der Waals surface area contributed by atoms with Crippen molar-refractivity contribution in [3.63, 3.8) is 0 Å². The number of carbonyl (C=O) groups excluding carboxylic acids is 2. The molecular weight excluding hydrogens is 731 g/mol. The molecule has 346 valence electrons. The monoisotopic (exact) mass is 830 g/mol. The molecule has 2 unspecified atom stereocenters. The number of unbranched alkanes of at least 4 members (excludes halogenated alkanes) is 32. The van der Waals surface area contributed by atoms with E-state index in [0.29, 0.717) is 25.9 Å². The number of hydrogen-bond acceptors (Lipinski definition) is 5. The normalized spacial score (nSPS) is 12.9. The Hall–Kier alpha value is -1.92. The predicted molar refractivity (Wildman–Crippen MR) is 255 cm³/mol. The molecule has 59 heavy (non-hydrogen) atoms.